The third kappa shape index (κ3) is 2.63. The van der Waals surface area contributed by atoms with E-state index >= 15 is 0 Å². The molecule has 0 fully saturated rings. The summed E-state index contributed by atoms with van der Waals surface area (Å²) in [5, 5.41) is 10.2. The Morgan fingerprint density at radius 3 is 2.41 bits per heavy atom. The number of ketones is 2. The molecule has 4 rings (SSSR count). The fourth-order valence-electron chi connectivity index (χ4n) is 4.70. The fraction of sp³-hybridized carbons (Fsp3) is 0.304. The predicted molar refractivity (Wildman–Crippen MR) is 107 cm³/mol. The number of carbonyl (C=O) groups excluding carboxylic acids is 2. The highest BCUT2D eigenvalue weighted by atomic mass is 16.5. The second-order valence-corrected chi connectivity index (χ2v) is 7.59. The van der Waals surface area contributed by atoms with Crippen LogP contribution in [0.2, 0.25) is 0 Å². The van der Waals surface area contributed by atoms with Crippen LogP contribution in [0.3, 0.4) is 0 Å². The van der Waals surface area contributed by atoms with Crippen LogP contribution in [0.25, 0.3) is 0 Å². The molecule has 0 aliphatic carbocycles. The van der Waals surface area contributed by atoms with Gasteiger partial charge in [0, 0.05) is 30.3 Å². The number of hydrogen-bond donors (Lipinski definition) is 1. The quantitative estimate of drug-likeness (QED) is 0.860. The lowest BCUT2D eigenvalue weighted by atomic mass is 9.60. The van der Waals surface area contributed by atoms with Gasteiger partial charge in [-0.1, -0.05) is 12.1 Å². The van der Waals surface area contributed by atoms with Gasteiger partial charge in [0.1, 0.15) is 28.4 Å². The summed E-state index contributed by atoms with van der Waals surface area (Å²) < 4.78 is 11.4. The standard InChI is InChI=1S/C23H23NO5/c1-13(25)18-12-24(3)22-23(14(2)26,19-11-16(27)7-10-20(19)29-22)21(18)15-5-8-17(28-4)9-6-15/h5-12,21-22,27H,1-4H3/t21-,22+,23+/m1/s1. The van der Waals surface area contributed by atoms with Crippen molar-refractivity contribution in [2.24, 2.45) is 0 Å². The Balaban J connectivity index is 2.05. The predicted octanol–water partition coefficient (Wildman–Crippen LogP) is 3.15. The molecule has 0 radical (unpaired) electrons. The summed E-state index contributed by atoms with van der Waals surface area (Å²) in [6, 6.07) is 12.1. The van der Waals surface area contributed by atoms with Gasteiger partial charge in [-0.15, -0.1) is 0 Å². The van der Waals surface area contributed by atoms with Gasteiger partial charge < -0.3 is 19.5 Å². The zero-order valence-corrected chi connectivity index (χ0v) is 16.8. The van der Waals surface area contributed by atoms with Gasteiger partial charge in [-0.25, -0.2) is 0 Å². The van der Waals surface area contributed by atoms with Gasteiger partial charge in [0.2, 0.25) is 0 Å². The van der Waals surface area contributed by atoms with Crippen molar-refractivity contribution in [2.75, 3.05) is 14.2 Å². The van der Waals surface area contributed by atoms with Crippen LogP contribution >= 0.6 is 0 Å². The average Bonchev–Trinajstić information content (AvgIpc) is 3.04. The van der Waals surface area contributed by atoms with E-state index < -0.39 is 17.6 Å². The molecule has 2 heterocycles. The van der Waals surface area contributed by atoms with Crippen molar-refractivity contribution in [1.82, 2.24) is 4.90 Å². The third-order valence-electron chi connectivity index (χ3n) is 5.95. The third-order valence-corrected chi connectivity index (χ3v) is 5.95. The number of allylic oxidation sites excluding steroid dienone is 1. The summed E-state index contributed by atoms with van der Waals surface area (Å²) in [7, 11) is 3.38. The van der Waals surface area contributed by atoms with Crippen LogP contribution in [0.4, 0.5) is 0 Å². The van der Waals surface area contributed by atoms with Crippen LogP contribution in [-0.4, -0.2) is 42.0 Å². The number of methoxy groups -OCH3 is 1. The van der Waals surface area contributed by atoms with Crippen molar-refractivity contribution in [2.45, 2.75) is 31.4 Å². The van der Waals surface area contributed by atoms with Crippen molar-refractivity contribution < 1.29 is 24.2 Å². The van der Waals surface area contributed by atoms with Crippen LogP contribution < -0.4 is 9.47 Å². The zero-order chi connectivity index (χ0) is 20.9. The van der Waals surface area contributed by atoms with E-state index in [-0.39, 0.29) is 17.3 Å². The van der Waals surface area contributed by atoms with Crippen LogP contribution in [0.15, 0.2) is 54.2 Å². The number of Topliss-reactive ketones (excluding diaryl/α,β-unsaturated/α-hetero) is 2. The number of ether oxygens (including phenoxy) is 2. The summed E-state index contributed by atoms with van der Waals surface area (Å²) in [6.45, 7) is 3.02. The van der Waals surface area contributed by atoms with E-state index in [2.05, 4.69) is 0 Å². The first-order valence-electron chi connectivity index (χ1n) is 9.40. The van der Waals surface area contributed by atoms with Crippen LogP contribution in [0.5, 0.6) is 17.2 Å². The van der Waals surface area contributed by atoms with E-state index in [9.17, 15) is 14.7 Å². The number of hydrogen-bond acceptors (Lipinski definition) is 6. The highest BCUT2D eigenvalue weighted by molar-refractivity contribution is 6.01. The number of likely N-dealkylation sites (N-methyl/N-ethyl adjacent to an activating group) is 1. The number of fused-ring (bicyclic) bond motifs is 3. The molecule has 0 unspecified atom stereocenters. The first-order valence-corrected chi connectivity index (χ1v) is 9.40. The van der Waals surface area contributed by atoms with Crippen molar-refractivity contribution in [3.8, 4) is 17.2 Å². The lowest BCUT2D eigenvalue weighted by molar-refractivity contribution is -0.130. The largest absolute Gasteiger partial charge is 0.508 e. The van der Waals surface area contributed by atoms with E-state index in [0.717, 1.165) is 5.56 Å². The number of phenols is 1. The Labute approximate surface area is 169 Å². The SMILES string of the molecule is COc1ccc([C@@H]2C(C(C)=O)=CN(C)[C@H]3Oc4ccc(O)cc4[C@]32C(C)=O)cc1. The van der Waals surface area contributed by atoms with Gasteiger partial charge in [-0.05, 0) is 49.7 Å². The summed E-state index contributed by atoms with van der Waals surface area (Å²) in [6.07, 6.45) is 1.13. The van der Waals surface area contributed by atoms with E-state index in [1.807, 2.05) is 24.3 Å². The molecule has 6 heteroatoms. The smallest absolute Gasteiger partial charge is 0.189 e. The van der Waals surface area contributed by atoms with Crippen molar-refractivity contribution >= 4 is 11.6 Å². The molecule has 0 aromatic heterocycles. The van der Waals surface area contributed by atoms with Gasteiger partial charge in [0.05, 0.1) is 7.11 Å². The second kappa shape index (κ2) is 6.65. The maximum atomic E-state index is 13.3. The summed E-state index contributed by atoms with van der Waals surface area (Å²) in [5.41, 5.74) is 0.742. The maximum absolute atomic E-state index is 13.3. The van der Waals surface area contributed by atoms with Gasteiger partial charge in [0.25, 0.3) is 0 Å². The Hall–Kier alpha value is -3.28. The van der Waals surface area contributed by atoms with Crippen molar-refractivity contribution in [3.63, 3.8) is 0 Å². The Kier molecular flexibility index (Phi) is 4.37. The monoisotopic (exact) mass is 393 g/mol. The van der Waals surface area contributed by atoms with E-state index in [0.29, 0.717) is 22.6 Å². The summed E-state index contributed by atoms with van der Waals surface area (Å²) >= 11 is 0. The van der Waals surface area contributed by atoms with E-state index in [1.165, 1.54) is 19.9 Å². The number of nitrogens with zero attached hydrogens (tertiary/aromatic N) is 1. The Morgan fingerprint density at radius 2 is 1.83 bits per heavy atom. The van der Waals surface area contributed by atoms with Crippen LogP contribution in [0, 0.1) is 0 Å². The topological polar surface area (TPSA) is 76.1 Å². The zero-order valence-electron chi connectivity index (χ0n) is 16.8. The highest BCUT2D eigenvalue weighted by Crippen LogP contribution is 2.57. The molecule has 0 bridgehead atoms. The van der Waals surface area contributed by atoms with Crippen LogP contribution in [-0.2, 0) is 15.0 Å². The molecule has 0 saturated carbocycles. The van der Waals surface area contributed by atoms with Gasteiger partial charge in [0.15, 0.2) is 12.0 Å². The lowest BCUT2D eigenvalue weighted by Crippen LogP contribution is -2.58. The summed E-state index contributed by atoms with van der Waals surface area (Å²) in [5.74, 6) is 0.448. The normalized spacial score (nSPS) is 24.8. The minimum absolute atomic E-state index is 0.0451. The molecule has 0 amide bonds. The molecule has 2 aromatic rings. The van der Waals surface area contributed by atoms with E-state index in [4.69, 9.17) is 9.47 Å². The molecular weight excluding hydrogens is 370 g/mol. The molecule has 1 N–H and O–H groups in total. The fourth-order valence-corrected chi connectivity index (χ4v) is 4.70. The molecule has 2 aliphatic rings. The second-order valence-electron chi connectivity index (χ2n) is 7.59. The van der Waals surface area contributed by atoms with Crippen molar-refractivity contribution in [3.05, 3.63) is 65.4 Å². The first kappa shape index (κ1) is 19.1. The molecule has 2 aromatic carbocycles. The van der Waals surface area contributed by atoms with Crippen LogP contribution in [0.1, 0.15) is 30.9 Å². The van der Waals surface area contributed by atoms with Gasteiger partial charge >= 0.3 is 0 Å². The first-order chi connectivity index (χ1) is 13.8. The molecule has 0 spiro atoms. The maximum Gasteiger partial charge on any atom is 0.189 e. The average molecular weight is 393 g/mol. The Morgan fingerprint density at radius 1 is 1.14 bits per heavy atom. The van der Waals surface area contributed by atoms with E-state index in [1.54, 1.807) is 37.4 Å². The molecule has 0 saturated heterocycles. The van der Waals surface area contributed by atoms with Gasteiger partial charge in [-0.2, -0.15) is 0 Å². The van der Waals surface area contributed by atoms with Gasteiger partial charge in [-0.3, -0.25) is 9.59 Å². The molecule has 3 atom stereocenters. The highest BCUT2D eigenvalue weighted by Gasteiger charge is 2.62. The molecule has 29 heavy (non-hydrogen) atoms. The molecule has 6 nitrogen and oxygen atoms in total. The number of benzene rings is 2. The minimum atomic E-state index is -1.17. The number of carbonyl (C=O) groups is 2. The summed E-state index contributed by atoms with van der Waals surface area (Å²) in [4.78, 5) is 27.8. The number of aromatic hydroxyl groups is 1. The number of phenolic OH excluding ortho intramolecular Hbond substituents is 1. The number of rotatable bonds is 4. The van der Waals surface area contributed by atoms with Crippen molar-refractivity contribution in [1.29, 1.82) is 0 Å². The Bertz CT molecular complexity index is 1030. The molecule has 2 aliphatic heterocycles. The lowest BCUT2D eigenvalue weighted by Gasteiger charge is -2.46. The molecule has 150 valence electrons. The molecular formula is C23H23NO5. The minimum Gasteiger partial charge on any atom is -0.508 e.